The molecule has 2 aromatic carbocycles. The molecule has 4 heteroatoms. The molecule has 0 saturated carbocycles. The number of nitrogens with one attached hydrogen (secondary N) is 1. The van der Waals surface area contributed by atoms with Gasteiger partial charge in [0.25, 0.3) is 0 Å². The van der Waals surface area contributed by atoms with E-state index in [9.17, 15) is 9.50 Å². The minimum absolute atomic E-state index is 0.147. The maximum atomic E-state index is 12.8. The summed E-state index contributed by atoms with van der Waals surface area (Å²) in [6.45, 7) is 3.70. The summed E-state index contributed by atoms with van der Waals surface area (Å²) in [6, 6.07) is 11.7. The molecule has 2 aromatic rings. The highest BCUT2D eigenvalue weighted by molar-refractivity contribution is 5.41. The summed E-state index contributed by atoms with van der Waals surface area (Å²) in [5, 5.41) is 12.9. The average Bonchev–Trinajstić information content (AvgIpc) is 2.45. The first-order valence-corrected chi connectivity index (χ1v) is 6.59. The van der Waals surface area contributed by atoms with Crippen LogP contribution in [0.15, 0.2) is 42.5 Å². The topological polar surface area (TPSA) is 41.5 Å². The Morgan fingerprint density at radius 1 is 1.05 bits per heavy atom. The fraction of sp³-hybridized carbons (Fsp3) is 0.250. The maximum absolute atomic E-state index is 12.8. The van der Waals surface area contributed by atoms with Crippen molar-refractivity contribution < 1.29 is 14.2 Å². The summed E-state index contributed by atoms with van der Waals surface area (Å²) in [7, 11) is 0. The van der Waals surface area contributed by atoms with E-state index in [0.717, 1.165) is 11.1 Å². The molecule has 0 atom stereocenters. The van der Waals surface area contributed by atoms with Crippen LogP contribution in [0.3, 0.4) is 0 Å². The zero-order chi connectivity index (χ0) is 14.4. The summed E-state index contributed by atoms with van der Waals surface area (Å²) in [5.74, 6) is 0.413. The van der Waals surface area contributed by atoms with Gasteiger partial charge >= 0.3 is 0 Å². The Bertz CT molecular complexity index is 555. The first-order valence-electron chi connectivity index (χ1n) is 6.59. The van der Waals surface area contributed by atoms with Crippen LogP contribution < -0.4 is 10.1 Å². The van der Waals surface area contributed by atoms with Crippen molar-refractivity contribution in [3.63, 3.8) is 0 Å². The summed E-state index contributed by atoms with van der Waals surface area (Å²) < 4.78 is 18.1. The smallest absolute Gasteiger partial charge is 0.161 e. The van der Waals surface area contributed by atoms with E-state index in [1.54, 1.807) is 18.2 Å². The van der Waals surface area contributed by atoms with Gasteiger partial charge in [0.2, 0.25) is 0 Å². The van der Waals surface area contributed by atoms with Crippen LogP contribution in [0, 0.1) is 5.82 Å². The lowest BCUT2D eigenvalue weighted by Crippen LogP contribution is -2.12. The Labute approximate surface area is 118 Å². The number of benzene rings is 2. The standard InChI is InChI=1S/C16H18FNO2/c1-2-20-16-9-13(5-8-15(16)19)11-18-10-12-3-6-14(17)7-4-12/h3-9,18-19H,2,10-11H2,1H3. The lowest BCUT2D eigenvalue weighted by atomic mass is 10.2. The van der Waals surface area contributed by atoms with Crippen molar-refractivity contribution in [1.82, 2.24) is 5.32 Å². The summed E-state index contributed by atoms with van der Waals surface area (Å²) >= 11 is 0. The first kappa shape index (κ1) is 14.3. The molecule has 3 nitrogen and oxygen atoms in total. The van der Waals surface area contributed by atoms with Gasteiger partial charge in [-0.05, 0) is 42.3 Å². The van der Waals surface area contributed by atoms with Crippen LogP contribution in [-0.2, 0) is 13.1 Å². The molecule has 0 fully saturated rings. The molecule has 0 amide bonds. The van der Waals surface area contributed by atoms with Gasteiger partial charge in [-0.3, -0.25) is 0 Å². The molecule has 0 radical (unpaired) electrons. The third-order valence-corrected chi connectivity index (χ3v) is 2.90. The highest BCUT2D eigenvalue weighted by atomic mass is 19.1. The normalized spacial score (nSPS) is 10.5. The van der Waals surface area contributed by atoms with Gasteiger partial charge in [0.1, 0.15) is 5.82 Å². The molecule has 0 heterocycles. The Morgan fingerprint density at radius 2 is 1.70 bits per heavy atom. The molecule has 106 valence electrons. The van der Waals surface area contributed by atoms with Crippen molar-refractivity contribution in [2.24, 2.45) is 0 Å². The minimum atomic E-state index is -0.228. The van der Waals surface area contributed by atoms with Crippen LogP contribution in [-0.4, -0.2) is 11.7 Å². The van der Waals surface area contributed by atoms with Crippen LogP contribution in [0.5, 0.6) is 11.5 Å². The Morgan fingerprint density at radius 3 is 2.40 bits per heavy atom. The quantitative estimate of drug-likeness (QED) is 0.850. The number of halogens is 1. The molecule has 2 N–H and O–H groups in total. The molecule has 0 aliphatic carbocycles. The highest BCUT2D eigenvalue weighted by Gasteiger charge is 2.03. The predicted molar refractivity (Wildman–Crippen MR) is 76.2 cm³/mol. The fourth-order valence-corrected chi connectivity index (χ4v) is 1.89. The lowest BCUT2D eigenvalue weighted by Gasteiger charge is -2.09. The van der Waals surface area contributed by atoms with Gasteiger partial charge in [0, 0.05) is 13.1 Å². The maximum Gasteiger partial charge on any atom is 0.161 e. The number of ether oxygens (including phenoxy) is 1. The molecule has 20 heavy (non-hydrogen) atoms. The zero-order valence-electron chi connectivity index (χ0n) is 11.4. The third kappa shape index (κ3) is 3.96. The molecular weight excluding hydrogens is 257 g/mol. The van der Waals surface area contributed by atoms with Gasteiger partial charge in [-0.2, -0.15) is 0 Å². The van der Waals surface area contributed by atoms with Crippen LogP contribution in [0.1, 0.15) is 18.1 Å². The van der Waals surface area contributed by atoms with Crippen LogP contribution >= 0.6 is 0 Å². The van der Waals surface area contributed by atoms with Crippen molar-refractivity contribution >= 4 is 0 Å². The summed E-state index contributed by atoms with van der Waals surface area (Å²) in [4.78, 5) is 0. The third-order valence-electron chi connectivity index (χ3n) is 2.90. The molecule has 0 bridgehead atoms. The monoisotopic (exact) mass is 275 g/mol. The van der Waals surface area contributed by atoms with Gasteiger partial charge in [-0.25, -0.2) is 4.39 Å². The fourth-order valence-electron chi connectivity index (χ4n) is 1.89. The number of aromatic hydroxyl groups is 1. The SMILES string of the molecule is CCOc1cc(CNCc2ccc(F)cc2)ccc1O. The number of phenolic OH excluding ortho intramolecular Hbond substituents is 1. The van der Waals surface area contributed by atoms with Gasteiger partial charge < -0.3 is 15.2 Å². The van der Waals surface area contributed by atoms with E-state index in [-0.39, 0.29) is 11.6 Å². The lowest BCUT2D eigenvalue weighted by molar-refractivity contribution is 0.317. The number of hydrogen-bond donors (Lipinski definition) is 2. The molecule has 0 spiro atoms. The van der Waals surface area contributed by atoms with Gasteiger partial charge in [-0.15, -0.1) is 0 Å². The van der Waals surface area contributed by atoms with Crippen molar-refractivity contribution in [1.29, 1.82) is 0 Å². The number of phenols is 1. The average molecular weight is 275 g/mol. The van der Waals surface area contributed by atoms with E-state index in [1.807, 2.05) is 19.1 Å². The number of rotatable bonds is 6. The van der Waals surface area contributed by atoms with Crippen molar-refractivity contribution in [3.8, 4) is 11.5 Å². The van der Waals surface area contributed by atoms with Gasteiger partial charge in [0.15, 0.2) is 11.5 Å². The van der Waals surface area contributed by atoms with E-state index in [2.05, 4.69) is 5.32 Å². The Balaban J connectivity index is 1.90. The second-order valence-corrected chi connectivity index (χ2v) is 4.47. The Hall–Kier alpha value is -2.07. The molecule has 0 saturated heterocycles. The van der Waals surface area contributed by atoms with E-state index in [1.165, 1.54) is 12.1 Å². The second-order valence-electron chi connectivity index (χ2n) is 4.47. The van der Waals surface area contributed by atoms with Crippen molar-refractivity contribution in [2.75, 3.05) is 6.61 Å². The predicted octanol–water partition coefficient (Wildman–Crippen LogP) is 3.22. The molecule has 0 aromatic heterocycles. The van der Waals surface area contributed by atoms with Crippen molar-refractivity contribution in [3.05, 3.63) is 59.4 Å². The van der Waals surface area contributed by atoms with E-state index in [4.69, 9.17) is 4.74 Å². The minimum Gasteiger partial charge on any atom is -0.504 e. The van der Waals surface area contributed by atoms with E-state index < -0.39 is 0 Å². The van der Waals surface area contributed by atoms with Crippen LogP contribution in [0.25, 0.3) is 0 Å². The van der Waals surface area contributed by atoms with Gasteiger partial charge in [-0.1, -0.05) is 18.2 Å². The second kappa shape index (κ2) is 6.91. The molecular formula is C16H18FNO2. The highest BCUT2D eigenvalue weighted by Crippen LogP contribution is 2.26. The zero-order valence-corrected chi connectivity index (χ0v) is 11.4. The first-order chi connectivity index (χ1) is 9.69. The van der Waals surface area contributed by atoms with Crippen LogP contribution in [0.2, 0.25) is 0 Å². The molecule has 0 aliphatic heterocycles. The molecule has 0 unspecified atom stereocenters. The number of hydrogen-bond acceptors (Lipinski definition) is 3. The van der Waals surface area contributed by atoms with E-state index >= 15 is 0 Å². The largest absolute Gasteiger partial charge is 0.504 e. The van der Waals surface area contributed by atoms with Crippen molar-refractivity contribution in [2.45, 2.75) is 20.0 Å². The summed E-state index contributed by atoms with van der Waals surface area (Å²) in [5.41, 5.74) is 2.04. The Kier molecular flexibility index (Phi) is 4.96. The van der Waals surface area contributed by atoms with Gasteiger partial charge in [0.05, 0.1) is 6.61 Å². The molecule has 0 aliphatic rings. The molecule has 2 rings (SSSR count). The van der Waals surface area contributed by atoms with Crippen LogP contribution in [0.4, 0.5) is 4.39 Å². The summed E-state index contributed by atoms with van der Waals surface area (Å²) in [6.07, 6.45) is 0. The van der Waals surface area contributed by atoms with E-state index in [0.29, 0.717) is 25.4 Å².